The SMILES string of the molecule is CCC1CC1(C#N)c1ccc(OC(F)F)cc1. The molecule has 0 saturated heterocycles. The van der Waals surface area contributed by atoms with Crippen molar-refractivity contribution in [3.05, 3.63) is 29.8 Å². The van der Waals surface area contributed by atoms with E-state index in [1.54, 1.807) is 12.1 Å². The second kappa shape index (κ2) is 4.33. The molecule has 0 aromatic heterocycles. The van der Waals surface area contributed by atoms with Gasteiger partial charge in [-0.1, -0.05) is 25.5 Å². The van der Waals surface area contributed by atoms with Crippen molar-refractivity contribution >= 4 is 0 Å². The van der Waals surface area contributed by atoms with Crippen molar-refractivity contribution in [2.75, 3.05) is 0 Å². The summed E-state index contributed by atoms with van der Waals surface area (Å²) in [6.45, 7) is -0.756. The smallest absolute Gasteiger partial charge is 0.387 e. The standard InChI is InChI=1S/C13H13F2NO/c1-2-9-7-13(9,8-16)10-3-5-11(6-4-10)17-12(14)15/h3-6,9,12H,2,7H2,1H3. The van der Waals surface area contributed by atoms with Gasteiger partial charge in [-0.05, 0) is 30.0 Å². The zero-order valence-electron chi connectivity index (χ0n) is 9.49. The van der Waals surface area contributed by atoms with Gasteiger partial charge in [0.15, 0.2) is 0 Å². The summed E-state index contributed by atoms with van der Waals surface area (Å²) >= 11 is 0. The first kappa shape index (κ1) is 11.8. The molecule has 4 heteroatoms. The largest absolute Gasteiger partial charge is 0.435 e. The minimum atomic E-state index is -2.81. The van der Waals surface area contributed by atoms with E-state index >= 15 is 0 Å². The van der Waals surface area contributed by atoms with E-state index in [2.05, 4.69) is 17.7 Å². The highest BCUT2D eigenvalue weighted by Crippen LogP contribution is 2.55. The van der Waals surface area contributed by atoms with Gasteiger partial charge in [0.05, 0.1) is 11.5 Å². The fourth-order valence-electron chi connectivity index (χ4n) is 2.31. The van der Waals surface area contributed by atoms with E-state index in [1.807, 2.05) is 0 Å². The first-order valence-electron chi connectivity index (χ1n) is 5.59. The quantitative estimate of drug-likeness (QED) is 0.803. The normalized spacial score (nSPS) is 26.6. The maximum absolute atomic E-state index is 12.0. The van der Waals surface area contributed by atoms with Crippen LogP contribution >= 0.6 is 0 Å². The number of rotatable bonds is 4. The molecule has 2 nitrogen and oxygen atoms in total. The highest BCUT2D eigenvalue weighted by molar-refractivity contribution is 5.43. The zero-order chi connectivity index (χ0) is 12.5. The second-order valence-electron chi connectivity index (χ2n) is 4.30. The minimum Gasteiger partial charge on any atom is -0.435 e. The molecule has 1 aliphatic rings. The van der Waals surface area contributed by atoms with Crippen LogP contribution in [0.1, 0.15) is 25.3 Å². The summed E-state index contributed by atoms with van der Waals surface area (Å²) in [5, 5.41) is 9.22. The Balaban J connectivity index is 2.16. The molecule has 1 fully saturated rings. The molecule has 17 heavy (non-hydrogen) atoms. The number of benzene rings is 1. The molecule has 1 aromatic carbocycles. The monoisotopic (exact) mass is 237 g/mol. The second-order valence-corrected chi connectivity index (χ2v) is 4.30. The minimum absolute atomic E-state index is 0.130. The summed E-state index contributed by atoms with van der Waals surface area (Å²) in [6, 6.07) is 8.73. The number of halogens is 2. The summed E-state index contributed by atoms with van der Waals surface area (Å²) in [5.41, 5.74) is 0.492. The predicted molar refractivity (Wildman–Crippen MR) is 58.8 cm³/mol. The zero-order valence-corrected chi connectivity index (χ0v) is 9.49. The van der Waals surface area contributed by atoms with E-state index in [0.29, 0.717) is 5.92 Å². The molecule has 1 aromatic rings. The van der Waals surface area contributed by atoms with Crippen LogP contribution < -0.4 is 4.74 Å². The third-order valence-electron chi connectivity index (χ3n) is 3.39. The Hall–Kier alpha value is -1.63. The lowest BCUT2D eigenvalue weighted by Crippen LogP contribution is -2.07. The average molecular weight is 237 g/mol. The number of hydrogen-bond donors (Lipinski definition) is 0. The van der Waals surface area contributed by atoms with Crippen LogP contribution in [0.25, 0.3) is 0 Å². The van der Waals surface area contributed by atoms with Crippen LogP contribution in [0.2, 0.25) is 0 Å². The van der Waals surface area contributed by atoms with Crippen LogP contribution in [0.3, 0.4) is 0 Å². The van der Waals surface area contributed by atoms with Gasteiger partial charge in [-0.3, -0.25) is 0 Å². The van der Waals surface area contributed by atoms with E-state index in [1.165, 1.54) is 12.1 Å². The van der Waals surface area contributed by atoms with Gasteiger partial charge in [0, 0.05) is 0 Å². The van der Waals surface area contributed by atoms with Gasteiger partial charge in [0.25, 0.3) is 0 Å². The lowest BCUT2D eigenvalue weighted by atomic mass is 9.94. The van der Waals surface area contributed by atoms with Gasteiger partial charge < -0.3 is 4.74 Å². The molecule has 0 aliphatic heterocycles. The molecule has 0 N–H and O–H groups in total. The lowest BCUT2D eigenvalue weighted by molar-refractivity contribution is -0.0498. The Morgan fingerprint density at radius 1 is 1.47 bits per heavy atom. The maximum Gasteiger partial charge on any atom is 0.387 e. The lowest BCUT2D eigenvalue weighted by Gasteiger charge is -2.10. The molecule has 0 radical (unpaired) electrons. The third kappa shape index (κ3) is 2.10. The number of alkyl halides is 2. The van der Waals surface area contributed by atoms with Crippen molar-refractivity contribution in [3.63, 3.8) is 0 Å². The summed E-state index contributed by atoms with van der Waals surface area (Å²) in [5.74, 6) is 0.514. The maximum atomic E-state index is 12.0. The number of nitrogens with zero attached hydrogens (tertiary/aromatic N) is 1. The fraction of sp³-hybridized carbons (Fsp3) is 0.462. The summed E-state index contributed by atoms with van der Waals surface area (Å²) in [4.78, 5) is 0. The Bertz CT molecular complexity index is 438. The van der Waals surface area contributed by atoms with Gasteiger partial charge in [0.2, 0.25) is 0 Å². The molecule has 0 bridgehead atoms. The van der Waals surface area contributed by atoms with Crippen LogP contribution in [0, 0.1) is 17.2 Å². The van der Waals surface area contributed by atoms with Gasteiger partial charge >= 0.3 is 6.61 Å². The first-order chi connectivity index (χ1) is 8.12. The number of hydrogen-bond acceptors (Lipinski definition) is 2. The number of ether oxygens (including phenoxy) is 1. The van der Waals surface area contributed by atoms with E-state index in [4.69, 9.17) is 0 Å². The van der Waals surface area contributed by atoms with E-state index in [0.717, 1.165) is 18.4 Å². The summed E-state index contributed by atoms with van der Waals surface area (Å²) in [7, 11) is 0. The van der Waals surface area contributed by atoms with Crippen LogP contribution in [-0.2, 0) is 5.41 Å². The molecule has 0 amide bonds. The molecule has 90 valence electrons. The Kier molecular flexibility index (Phi) is 3.01. The molecule has 1 aliphatic carbocycles. The van der Waals surface area contributed by atoms with Crippen LogP contribution in [0.4, 0.5) is 8.78 Å². The summed E-state index contributed by atoms with van der Waals surface area (Å²) < 4.78 is 28.2. The van der Waals surface area contributed by atoms with E-state index in [9.17, 15) is 14.0 Å². The number of nitriles is 1. The Morgan fingerprint density at radius 2 is 2.12 bits per heavy atom. The summed E-state index contributed by atoms with van der Waals surface area (Å²) in [6.07, 6.45) is 1.82. The van der Waals surface area contributed by atoms with Crippen molar-refractivity contribution in [1.29, 1.82) is 5.26 Å². The van der Waals surface area contributed by atoms with Crippen molar-refractivity contribution < 1.29 is 13.5 Å². The molecule has 1 saturated carbocycles. The Labute approximate surface area is 98.8 Å². The van der Waals surface area contributed by atoms with Gasteiger partial charge in [0.1, 0.15) is 5.75 Å². The van der Waals surface area contributed by atoms with Crippen LogP contribution in [0.15, 0.2) is 24.3 Å². The molecule has 2 unspecified atom stereocenters. The molecule has 2 atom stereocenters. The van der Waals surface area contributed by atoms with Crippen molar-refractivity contribution in [3.8, 4) is 11.8 Å². The van der Waals surface area contributed by atoms with E-state index in [-0.39, 0.29) is 5.75 Å². The van der Waals surface area contributed by atoms with Crippen molar-refractivity contribution in [2.45, 2.75) is 31.8 Å². The average Bonchev–Trinajstić information content (AvgIpc) is 3.04. The molecule has 2 rings (SSSR count). The molecular weight excluding hydrogens is 224 g/mol. The highest BCUT2D eigenvalue weighted by atomic mass is 19.3. The molecule has 0 heterocycles. The fourth-order valence-corrected chi connectivity index (χ4v) is 2.31. The third-order valence-corrected chi connectivity index (χ3v) is 3.39. The predicted octanol–water partition coefficient (Wildman–Crippen LogP) is 3.48. The topological polar surface area (TPSA) is 33.0 Å². The van der Waals surface area contributed by atoms with Gasteiger partial charge in [-0.2, -0.15) is 14.0 Å². The first-order valence-corrected chi connectivity index (χ1v) is 5.59. The van der Waals surface area contributed by atoms with Crippen LogP contribution in [-0.4, -0.2) is 6.61 Å². The Morgan fingerprint density at radius 3 is 2.53 bits per heavy atom. The van der Waals surface area contributed by atoms with Crippen molar-refractivity contribution in [2.24, 2.45) is 5.92 Å². The van der Waals surface area contributed by atoms with Crippen molar-refractivity contribution in [1.82, 2.24) is 0 Å². The van der Waals surface area contributed by atoms with E-state index < -0.39 is 12.0 Å². The molecule has 0 spiro atoms. The highest BCUT2D eigenvalue weighted by Gasteiger charge is 2.54. The van der Waals surface area contributed by atoms with Gasteiger partial charge in [-0.25, -0.2) is 0 Å². The van der Waals surface area contributed by atoms with Gasteiger partial charge in [-0.15, -0.1) is 0 Å². The molecular formula is C13H13F2NO. The van der Waals surface area contributed by atoms with Crippen LogP contribution in [0.5, 0.6) is 5.75 Å².